The van der Waals surface area contributed by atoms with Crippen LogP contribution in [0.1, 0.15) is 58.3 Å². The van der Waals surface area contributed by atoms with Crippen LogP contribution in [-0.2, 0) is 0 Å². The molecule has 1 heterocycles. The van der Waals surface area contributed by atoms with Gasteiger partial charge in [0.1, 0.15) is 0 Å². The molecule has 2 atom stereocenters. The van der Waals surface area contributed by atoms with Crippen LogP contribution in [0.15, 0.2) is 4.99 Å². The van der Waals surface area contributed by atoms with Crippen molar-refractivity contribution in [3.8, 4) is 0 Å². The SMILES string of the molecule is CSC1CCC(N=C2NC3(CCCC(C)C3)CS2)CC1. The molecule has 1 spiro atoms. The van der Waals surface area contributed by atoms with Gasteiger partial charge in [-0.3, -0.25) is 4.99 Å². The first-order chi connectivity index (χ1) is 9.69. The fraction of sp³-hybridized carbons (Fsp3) is 0.938. The highest BCUT2D eigenvalue weighted by Gasteiger charge is 2.40. The van der Waals surface area contributed by atoms with Crippen LogP contribution in [0.5, 0.6) is 0 Å². The quantitative estimate of drug-likeness (QED) is 0.822. The highest BCUT2D eigenvalue weighted by Crippen LogP contribution is 2.39. The molecule has 0 aromatic rings. The molecule has 0 aromatic carbocycles. The van der Waals surface area contributed by atoms with Gasteiger partial charge in [-0.25, -0.2) is 0 Å². The second-order valence-electron chi connectivity index (χ2n) is 7.00. The van der Waals surface area contributed by atoms with E-state index in [1.165, 1.54) is 62.3 Å². The molecule has 3 rings (SSSR count). The summed E-state index contributed by atoms with van der Waals surface area (Å²) >= 11 is 4.02. The van der Waals surface area contributed by atoms with Gasteiger partial charge in [0.05, 0.1) is 6.04 Å². The Morgan fingerprint density at radius 1 is 1.25 bits per heavy atom. The molecule has 1 N–H and O–H groups in total. The molecule has 3 aliphatic rings. The smallest absolute Gasteiger partial charge is 0.157 e. The van der Waals surface area contributed by atoms with E-state index in [1.54, 1.807) is 0 Å². The van der Waals surface area contributed by atoms with E-state index in [9.17, 15) is 0 Å². The van der Waals surface area contributed by atoms with Crippen molar-refractivity contribution in [3.63, 3.8) is 0 Å². The van der Waals surface area contributed by atoms with E-state index in [2.05, 4.69) is 18.5 Å². The summed E-state index contributed by atoms with van der Waals surface area (Å²) in [4.78, 5) is 5.04. The van der Waals surface area contributed by atoms with Crippen LogP contribution in [-0.4, -0.2) is 34.0 Å². The van der Waals surface area contributed by atoms with Gasteiger partial charge in [0.2, 0.25) is 0 Å². The monoisotopic (exact) mass is 312 g/mol. The van der Waals surface area contributed by atoms with Crippen molar-refractivity contribution in [2.45, 2.75) is 75.1 Å². The molecule has 20 heavy (non-hydrogen) atoms. The van der Waals surface area contributed by atoms with E-state index in [0.717, 1.165) is 11.2 Å². The first-order valence-corrected chi connectivity index (χ1v) is 10.5. The summed E-state index contributed by atoms with van der Waals surface area (Å²) in [5, 5.41) is 5.96. The average molecular weight is 313 g/mol. The number of nitrogens with one attached hydrogen (secondary N) is 1. The summed E-state index contributed by atoms with van der Waals surface area (Å²) in [6.45, 7) is 2.41. The van der Waals surface area contributed by atoms with Gasteiger partial charge in [0.25, 0.3) is 0 Å². The number of nitrogens with zero attached hydrogens (tertiary/aromatic N) is 1. The van der Waals surface area contributed by atoms with E-state index in [1.807, 2.05) is 23.5 Å². The maximum atomic E-state index is 5.04. The van der Waals surface area contributed by atoms with E-state index in [4.69, 9.17) is 4.99 Å². The molecule has 2 nitrogen and oxygen atoms in total. The van der Waals surface area contributed by atoms with E-state index < -0.39 is 0 Å². The summed E-state index contributed by atoms with van der Waals surface area (Å²) in [7, 11) is 0. The predicted octanol–water partition coefficient (Wildman–Crippen LogP) is 4.30. The van der Waals surface area contributed by atoms with Crippen LogP contribution in [0.2, 0.25) is 0 Å². The molecular weight excluding hydrogens is 284 g/mol. The van der Waals surface area contributed by atoms with Crippen molar-refractivity contribution in [2.24, 2.45) is 10.9 Å². The first kappa shape index (κ1) is 15.1. The summed E-state index contributed by atoms with van der Waals surface area (Å²) in [6, 6.07) is 0.588. The van der Waals surface area contributed by atoms with Crippen molar-refractivity contribution in [1.82, 2.24) is 5.32 Å². The van der Waals surface area contributed by atoms with Crippen LogP contribution in [0.3, 0.4) is 0 Å². The molecule has 1 saturated heterocycles. The average Bonchev–Trinajstić information content (AvgIpc) is 2.82. The summed E-state index contributed by atoms with van der Waals surface area (Å²) in [5.74, 6) is 2.13. The zero-order valence-electron chi connectivity index (χ0n) is 12.9. The molecule has 3 fully saturated rings. The molecule has 0 amide bonds. The number of thioether (sulfide) groups is 2. The topological polar surface area (TPSA) is 24.4 Å². The Labute approximate surface area is 132 Å². The third-order valence-corrected chi connectivity index (χ3v) is 7.54. The van der Waals surface area contributed by atoms with Crippen LogP contribution in [0.25, 0.3) is 0 Å². The Hall–Kier alpha value is 0.170. The van der Waals surface area contributed by atoms with Gasteiger partial charge in [-0.05, 0) is 50.7 Å². The van der Waals surface area contributed by atoms with Gasteiger partial charge in [0.15, 0.2) is 5.17 Å². The molecule has 0 radical (unpaired) electrons. The van der Waals surface area contributed by atoms with Gasteiger partial charge in [0, 0.05) is 16.5 Å². The van der Waals surface area contributed by atoms with Crippen molar-refractivity contribution in [3.05, 3.63) is 0 Å². The lowest BCUT2D eigenvalue weighted by molar-refractivity contribution is 0.242. The van der Waals surface area contributed by atoms with Gasteiger partial charge < -0.3 is 5.32 Å². The summed E-state index contributed by atoms with van der Waals surface area (Å²) in [5.41, 5.74) is 0.387. The standard InChI is InChI=1S/C16H28N2S2/c1-12-4-3-9-16(10-12)11-20-15(18-16)17-13-5-7-14(19-2)8-6-13/h12-14H,3-11H2,1-2H3,(H,17,18). The molecule has 1 aliphatic heterocycles. The van der Waals surface area contributed by atoms with Gasteiger partial charge in [-0.1, -0.05) is 31.5 Å². The van der Waals surface area contributed by atoms with E-state index in [0.29, 0.717) is 11.6 Å². The third kappa shape index (κ3) is 3.49. The maximum absolute atomic E-state index is 5.04. The minimum atomic E-state index is 0.387. The lowest BCUT2D eigenvalue weighted by Gasteiger charge is -2.36. The second kappa shape index (κ2) is 6.51. The molecule has 0 bridgehead atoms. The summed E-state index contributed by atoms with van der Waals surface area (Å²) < 4.78 is 0. The fourth-order valence-electron chi connectivity index (χ4n) is 4.06. The number of rotatable bonds is 2. The molecule has 2 unspecified atom stereocenters. The molecule has 114 valence electrons. The first-order valence-electron chi connectivity index (χ1n) is 8.21. The molecular formula is C16H28N2S2. The van der Waals surface area contributed by atoms with Gasteiger partial charge in [-0.15, -0.1) is 0 Å². The normalized spacial score (nSPS) is 43.9. The van der Waals surface area contributed by atoms with Gasteiger partial charge in [-0.2, -0.15) is 11.8 Å². The summed E-state index contributed by atoms with van der Waals surface area (Å²) in [6.07, 6.45) is 13.0. The van der Waals surface area contributed by atoms with Crippen LogP contribution >= 0.6 is 23.5 Å². The molecule has 2 saturated carbocycles. The Morgan fingerprint density at radius 3 is 2.75 bits per heavy atom. The Balaban J connectivity index is 1.55. The Bertz CT molecular complexity index is 363. The van der Waals surface area contributed by atoms with E-state index >= 15 is 0 Å². The van der Waals surface area contributed by atoms with Crippen LogP contribution in [0.4, 0.5) is 0 Å². The van der Waals surface area contributed by atoms with Crippen molar-refractivity contribution in [2.75, 3.05) is 12.0 Å². The zero-order valence-corrected chi connectivity index (χ0v) is 14.5. The number of hydrogen-bond acceptors (Lipinski definition) is 3. The molecule has 0 aromatic heterocycles. The second-order valence-corrected chi connectivity index (χ2v) is 9.10. The third-order valence-electron chi connectivity index (χ3n) is 5.23. The van der Waals surface area contributed by atoms with Crippen LogP contribution < -0.4 is 5.32 Å². The number of aliphatic imine (C=N–C) groups is 1. The predicted molar refractivity (Wildman–Crippen MR) is 93.0 cm³/mol. The van der Waals surface area contributed by atoms with E-state index in [-0.39, 0.29) is 0 Å². The Kier molecular flexibility index (Phi) is 4.91. The number of hydrogen-bond donors (Lipinski definition) is 1. The van der Waals surface area contributed by atoms with Crippen LogP contribution in [0, 0.1) is 5.92 Å². The lowest BCUT2D eigenvalue weighted by Crippen LogP contribution is -2.47. The minimum absolute atomic E-state index is 0.387. The Morgan fingerprint density at radius 2 is 2.05 bits per heavy atom. The van der Waals surface area contributed by atoms with Crippen molar-refractivity contribution >= 4 is 28.7 Å². The largest absolute Gasteiger partial charge is 0.359 e. The molecule has 2 aliphatic carbocycles. The fourth-order valence-corrected chi connectivity index (χ4v) is 6.06. The van der Waals surface area contributed by atoms with Gasteiger partial charge >= 0.3 is 0 Å². The number of amidine groups is 1. The minimum Gasteiger partial charge on any atom is -0.359 e. The lowest BCUT2D eigenvalue weighted by atomic mass is 9.78. The highest BCUT2D eigenvalue weighted by atomic mass is 32.2. The van der Waals surface area contributed by atoms with Crippen molar-refractivity contribution in [1.29, 1.82) is 0 Å². The maximum Gasteiger partial charge on any atom is 0.157 e. The highest BCUT2D eigenvalue weighted by molar-refractivity contribution is 8.14. The zero-order chi connectivity index (χ0) is 14.0. The molecule has 4 heteroatoms. The van der Waals surface area contributed by atoms with Crippen molar-refractivity contribution < 1.29 is 0 Å².